The Balaban J connectivity index is 1.47. The molecule has 0 amide bonds. The van der Waals surface area contributed by atoms with Crippen molar-refractivity contribution >= 4 is 12.0 Å². The molecule has 2 saturated heterocycles. The fourth-order valence-electron chi connectivity index (χ4n) is 5.62. The normalized spacial score (nSPS) is 32.8. The maximum absolute atomic E-state index is 12.8. The van der Waals surface area contributed by atoms with E-state index in [1.807, 2.05) is 0 Å². The van der Waals surface area contributed by atoms with Crippen molar-refractivity contribution in [3.8, 4) is 17.2 Å². The molecule has 0 aromatic heterocycles. The van der Waals surface area contributed by atoms with Crippen LogP contribution in [0.15, 0.2) is 29.9 Å². The summed E-state index contributed by atoms with van der Waals surface area (Å²) in [6, 6.07) is 3.54. The van der Waals surface area contributed by atoms with Gasteiger partial charge in [0.1, 0.15) is 23.4 Å². The summed E-state index contributed by atoms with van der Waals surface area (Å²) in [7, 11) is 6.31. The molecule has 1 aromatic rings. The number of ether oxygens (including phenoxy) is 7. The summed E-state index contributed by atoms with van der Waals surface area (Å²) in [5, 5.41) is 0. The minimum Gasteiger partial charge on any atom is -0.493 e. The minimum absolute atomic E-state index is 0.0174. The van der Waals surface area contributed by atoms with Gasteiger partial charge in [-0.2, -0.15) is 0 Å². The molecule has 36 heavy (non-hydrogen) atoms. The number of allylic oxidation sites excluding steroid dienone is 1. The molecule has 1 spiro atoms. The average Bonchev–Trinajstić information content (AvgIpc) is 3.78. The molecule has 1 saturated carbocycles. The van der Waals surface area contributed by atoms with E-state index in [9.17, 15) is 4.79 Å². The van der Waals surface area contributed by atoms with E-state index in [0.29, 0.717) is 30.3 Å². The molecule has 1 aromatic carbocycles. The Kier molecular flexibility index (Phi) is 7.69. The number of benzene rings is 1. The van der Waals surface area contributed by atoms with Crippen LogP contribution in [-0.2, 0) is 23.7 Å². The van der Waals surface area contributed by atoms with Gasteiger partial charge in [0.15, 0.2) is 11.5 Å². The van der Waals surface area contributed by atoms with Crippen LogP contribution in [0.3, 0.4) is 0 Å². The molecular formula is C28H38O8. The molecule has 2 aliphatic heterocycles. The topological polar surface area (TPSA) is 88.3 Å². The molecule has 8 nitrogen and oxygen atoms in total. The lowest BCUT2D eigenvalue weighted by Crippen LogP contribution is -2.55. The first kappa shape index (κ1) is 26.5. The lowest BCUT2D eigenvalue weighted by Gasteiger charge is -2.42. The highest BCUT2D eigenvalue weighted by Crippen LogP contribution is 2.59. The Hall–Kier alpha value is -2.55. The molecule has 0 N–H and O–H groups in total. The predicted octanol–water partition coefficient (Wildman–Crippen LogP) is 4.35. The third-order valence-electron chi connectivity index (χ3n) is 7.60. The lowest BCUT2D eigenvalue weighted by molar-refractivity contribution is -0.166. The Morgan fingerprint density at radius 3 is 2.31 bits per heavy atom. The number of esters is 1. The third kappa shape index (κ3) is 5.12. The van der Waals surface area contributed by atoms with Gasteiger partial charge in [-0.1, -0.05) is 11.6 Å². The van der Waals surface area contributed by atoms with E-state index >= 15 is 0 Å². The Morgan fingerprint density at radius 2 is 1.78 bits per heavy atom. The summed E-state index contributed by atoms with van der Waals surface area (Å²) in [4.78, 5) is 12.8. The highest BCUT2D eigenvalue weighted by Gasteiger charge is 2.72. The van der Waals surface area contributed by atoms with Crippen LogP contribution >= 0.6 is 0 Å². The largest absolute Gasteiger partial charge is 0.493 e. The molecule has 1 unspecified atom stereocenters. The monoisotopic (exact) mass is 502 g/mol. The number of epoxide rings is 2. The second kappa shape index (κ2) is 10.4. The second-order valence-electron chi connectivity index (χ2n) is 10.1. The molecule has 3 fully saturated rings. The molecule has 198 valence electrons. The standard InChI is InChI=1S/C28H38O8/c1-17(2)8-10-22-27(3,36-22)26-25(33-7)19(12-13-28(26)16-34-28)35-23(29)11-9-18-14-20(30-4)24(32-6)21(15-18)31-5/h8-9,11,14-15,19,22,25-26H,10,12-13,16H2,1-7H3/t19-,22-,25-,26-,27?,28+/m1/s1. The van der Waals surface area contributed by atoms with E-state index in [2.05, 4.69) is 26.8 Å². The summed E-state index contributed by atoms with van der Waals surface area (Å²) in [5.74, 6) is 1.05. The molecule has 4 rings (SSSR count). The molecule has 3 aliphatic rings. The molecule has 8 heteroatoms. The lowest BCUT2D eigenvalue weighted by atomic mass is 9.68. The zero-order valence-corrected chi connectivity index (χ0v) is 22.3. The number of rotatable bonds is 10. The first-order valence-electron chi connectivity index (χ1n) is 12.4. The summed E-state index contributed by atoms with van der Waals surface area (Å²) < 4.78 is 40.2. The van der Waals surface area contributed by atoms with Crippen molar-refractivity contribution in [2.75, 3.05) is 35.0 Å². The van der Waals surface area contributed by atoms with E-state index in [1.54, 1.807) is 46.6 Å². The zero-order valence-electron chi connectivity index (χ0n) is 22.3. The Morgan fingerprint density at radius 1 is 1.11 bits per heavy atom. The molecule has 0 bridgehead atoms. The summed E-state index contributed by atoms with van der Waals surface area (Å²) >= 11 is 0. The van der Waals surface area contributed by atoms with Gasteiger partial charge in [-0.05, 0) is 63.8 Å². The summed E-state index contributed by atoms with van der Waals surface area (Å²) in [6.45, 7) is 6.99. The van der Waals surface area contributed by atoms with Gasteiger partial charge >= 0.3 is 5.97 Å². The number of hydrogen-bond donors (Lipinski definition) is 0. The van der Waals surface area contributed by atoms with Gasteiger partial charge in [0.25, 0.3) is 0 Å². The molecule has 0 radical (unpaired) electrons. The quantitative estimate of drug-likeness (QED) is 0.202. The van der Waals surface area contributed by atoms with Crippen LogP contribution in [0.4, 0.5) is 0 Å². The highest BCUT2D eigenvalue weighted by atomic mass is 16.6. The molecule has 1 aliphatic carbocycles. The van der Waals surface area contributed by atoms with E-state index < -0.39 is 12.1 Å². The van der Waals surface area contributed by atoms with Crippen molar-refractivity contribution in [3.63, 3.8) is 0 Å². The number of carbonyl (C=O) groups is 1. The average molecular weight is 503 g/mol. The predicted molar refractivity (Wildman–Crippen MR) is 135 cm³/mol. The third-order valence-corrected chi connectivity index (χ3v) is 7.60. The summed E-state index contributed by atoms with van der Waals surface area (Å²) in [5.41, 5.74) is 1.35. The fraction of sp³-hybridized carbons (Fsp3) is 0.607. The van der Waals surface area contributed by atoms with Crippen LogP contribution in [-0.4, -0.2) is 70.5 Å². The second-order valence-corrected chi connectivity index (χ2v) is 10.1. The molecular weight excluding hydrogens is 464 g/mol. The van der Waals surface area contributed by atoms with E-state index in [-0.39, 0.29) is 29.3 Å². The van der Waals surface area contributed by atoms with Crippen molar-refractivity contribution in [2.45, 2.75) is 69.5 Å². The van der Waals surface area contributed by atoms with Gasteiger partial charge in [-0.25, -0.2) is 4.79 Å². The van der Waals surface area contributed by atoms with Crippen molar-refractivity contribution in [3.05, 3.63) is 35.4 Å². The van der Waals surface area contributed by atoms with Crippen molar-refractivity contribution in [2.24, 2.45) is 5.92 Å². The zero-order chi connectivity index (χ0) is 26.1. The van der Waals surface area contributed by atoms with Crippen LogP contribution in [0.25, 0.3) is 6.08 Å². The minimum atomic E-state index is -0.440. The maximum Gasteiger partial charge on any atom is 0.331 e. The maximum atomic E-state index is 12.8. The van der Waals surface area contributed by atoms with Crippen LogP contribution in [0, 0.1) is 5.92 Å². The fourth-order valence-corrected chi connectivity index (χ4v) is 5.62. The molecule has 6 atom stereocenters. The van der Waals surface area contributed by atoms with Gasteiger partial charge in [0, 0.05) is 13.2 Å². The van der Waals surface area contributed by atoms with Gasteiger partial charge in [0.05, 0.1) is 40.0 Å². The van der Waals surface area contributed by atoms with E-state index in [0.717, 1.165) is 18.4 Å². The van der Waals surface area contributed by atoms with Crippen LogP contribution in [0.1, 0.15) is 45.6 Å². The van der Waals surface area contributed by atoms with Gasteiger partial charge < -0.3 is 33.2 Å². The van der Waals surface area contributed by atoms with Gasteiger partial charge in [-0.3, -0.25) is 0 Å². The SMILES string of the molecule is COc1cc(C=CC(=O)O[C@@H]2CC[C@]3(CO3)[C@@H](C3(C)O[C@@H]3CC=C(C)C)[C@@H]2OC)cc(OC)c1OC. The molecule has 2 heterocycles. The first-order valence-corrected chi connectivity index (χ1v) is 12.4. The Labute approximate surface area is 213 Å². The van der Waals surface area contributed by atoms with Crippen LogP contribution in [0.2, 0.25) is 0 Å². The van der Waals surface area contributed by atoms with E-state index in [1.165, 1.54) is 11.6 Å². The van der Waals surface area contributed by atoms with Crippen LogP contribution < -0.4 is 14.2 Å². The Bertz CT molecular complexity index is 997. The number of carbonyl (C=O) groups excluding carboxylic acids is 1. The highest BCUT2D eigenvalue weighted by molar-refractivity contribution is 5.87. The first-order chi connectivity index (χ1) is 17.2. The van der Waals surface area contributed by atoms with Crippen molar-refractivity contribution in [1.29, 1.82) is 0 Å². The summed E-state index contributed by atoms with van der Waals surface area (Å²) in [6.07, 6.45) is 7.00. The number of methoxy groups -OCH3 is 4. The van der Waals surface area contributed by atoms with Crippen LogP contribution in [0.5, 0.6) is 17.2 Å². The van der Waals surface area contributed by atoms with Crippen molar-refractivity contribution < 1.29 is 38.0 Å². The van der Waals surface area contributed by atoms with Gasteiger partial charge in [0.2, 0.25) is 5.75 Å². The number of hydrogen-bond acceptors (Lipinski definition) is 8. The smallest absolute Gasteiger partial charge is 0.331 e. The van der Waals surface area contributed by atoms with Gasteiger partial charge in [-0.15, -0.1) is 0 Å². The van der Waals surface area contributed by atoms with E-state index in [4.69, 9.17) is 33.2 Å². The van der Waals surface area contributed by atoms with Crippen molar-refractivity contribution in [1.82, 2.24) is 0 Å².